The predicted octanol–water partition coefficient (Wildman–Crippen LogP) is 2.36. The second kappa shape index (κ2) is 3.28. The molecule has 0 aromatic carbocycles. The molecule has 0 unspecified atom stereocenters. The highest BCUT2D eigenvalue weighted by Gasteiger charge is 2.01. The highest BCUT2D eigenvalue weighted by Crippen LogP contribution is 2.20. The summed E-state index contributed by atoms with van der Waals surface area (Å²) in [5.74, 6) is 0.715. The maximum Gasteiger partial charge on any atom is 0.200 e. The molecule has 0 saturated heterocycles. The van der Waals surface area contributed by atoms with Gasteiger partial charge in [0.2, 0.25) is 0 Å². The van der Waals surface area contributed by atoms with E-state index in [9.17, 15) is 0 Å². The van der Waals surface area contributed by atoms with Gasteiger partial charge in [0, 0.05) is 0 Å². The maximum absolute atomic E-state index is 4.12. The Balaban J connectivity index is 2.48. The van der Waals surface area contributed by atoms with E-state index in [1.54, 1.807) is 11.3 Å². The van der Waals surface area contributed by atoms with Crippen molar-refractivity contribution < 1.29 is 0 Å². The molecule has 2 aromatic heterocycles. The molecule has 0 atom stereocenters. The Morgan fingerprint density at radius 2 is 2.25 bits per heavy atom. The fourth-order valence-electron chi connectivity index (χ4n) is 0.801. The van der Waals surface area contributed by atoms with Crippen molar-refractivity contribution in [2.45, 2.75) is 0 Å². The maximum atomic E-state index is 4.12. The zero-order valence-corrected chi connectivity index (χ0v) is 8.34. The SMILES string of the molecule is Brc1ncnc(-c2cccs2)n1. The molecule has 12 heavy (non-hydrogen) atoms. The molecular formula is C7H4BrN3S. The summed E-state index contributed by atoms with van der Waals surface area (Å²) in [4.78, 5) is 13.1. The molecule has 2 rings (SSSR count). The zero-order valence-electron chi connectivity index (χ0n) is 5.94. The van der Waals surface area contributed by atoms with E-state index in [1.165, 1.54) is 6.33 Å². The molecule has 0 spiro atoms. The molecule has 2 heterocycles. The van der Waals surface area contributed by atoms with Gasteiger partial charge in [0.15, 0.2) is 10.6 Å². The van der Waals surface area contributed by atoms with E-state index in [0.717, 1.165) is 4.88 Å². The number of hydrogen-bond donors (Lipinski definition) is 0. The number of aromatic nitrogens is 3. The third-order valence-corrected chi connectivity index (χ3v) is 2.53. The van der Waals surface area contributed by atoms with Crippen LogP contribution < -0.4 is 0 Å². The average Bonchev–Trinajstić information content (AvgIpc) is 2.56. The fraction of sp³-hybridized carbons (Fsp3) is 0. The molecule has 0 N–H and O–H groups in total. The fourth-order valence-corrected chi connectivity index (χ4v) is 1.72. The molecule has 3 nitrogen and oxygen atoms in total. The lowest BCUT2D eigenvalue weighted by Gasteiger charge is -1.93. The van der Waals surface area contributed by atoms with Crippen LogP contribution in [-0.4, -0.2) is 15.0 Å². The van der Waals surface area contributed by atoms with Gasteiger partial charge in [-0.1, -0.05) is 6.07 Å². The van der Waals surface area contributed by atoms with Crippen LogP contribution in [0.15, 0.2) is 28.6 Å². The van der Waals surface area contributed by atoms with Gasteiger partial charge in [0.1, 0.15) is 6.33 Å². The summed E-state index contributed by atoms with van der Waals surface area (Å²) in [6, 6.07) is 3.95. The standard InChI is InChI=1S/C7H4BrN3S/c8-7-10-4-9-6(11-7)5-2-1-3-12-5/h1-4H. The van der Waals surface area contributed by atoms with Crippen LogP contribution in [0.25, 0.3) is 10.7 Å². The molecule has 0 aliphatic rings. The molecule has 0 amide bonds. The van der Waals surface area contributed by atoms with E-state index in [-0.39, 0.29) is 0 Å². The van der Waals surface area contributed by atoms with E-state index < -0.39 is 0 Å². The van der Waals surface area contributed by atoms with Crippen LogP contribution in [-0.2, 0) is 0 Å². The Bertz CT molecular complexity index is 374. The van der Waals surface area contributed by atoms with Crippen LogP contribution in [0.4, 0.5) is 0 Å². The highest BCUT2D eigenvalue weighted by molar-refractivity contribution is 9.10. The molecule has 5 heteroatoms. The molecule has 0 bridgehead atoms. The van der Waals surface area contributed by atoms with Crippen LogP contribution >= 0.6 is 27.3 Å². The van der Waals surface area contributed by atoms with Gasteiger partial charge in [-0.3, -0.25) is 0 Å². The average molecular weight is 242 g/mol. The topological polar surface area (TPSA) is 38.7 Å². The number of hydrogen-bond acceptors (Lipinski definition) is 4. The van der Waals surface area contributed by atoms with Gasteiger partial charge in [0.25, 0.3) is 0 Å². The third-order valence-electron chi connectivity index (χ3n) is 1.28. The van der Waals surface area contributed by atoms with Crippen LogP contribution in [0.3, 0.4) is 0 Å². The summed E-state index contributed by atoms with van der Waals surface area (Å²) < 4.78 is 0.570. The quantitative estimate of drug-likeness (QED) is 0.770. The predicted molar refractivity (Wildman–Crippen MR) is 50.8 cm³/mol. The minimum atomic E-state index is 0.570. The third kappa shape index (κ3) is 1.51. The van der Waals surface area contributed by atoms with E-state index >= 15 is 0 Å². The van der Waals surface area contributed by atoms with Crippen molar-refractivity contribution in [3.8, 4) is 10.7 Å². The second-order valence-electron chi connectivity index (χ2n) is 2.06. The van der Waals surface area contributed by atoms with Gasteiger partial charge in [-0.2, -0.15) is 0 Å². The van der Waals surface area contributed by atoms with Crippen molar-refractivity contribution in [3.05, 3.63) is 28.6 Å². The molecule has 0 aliphatic carbocycles. The second-order valence-corrected chi connectivity index (χ2v) is 3.71. The highest BCUT2D eigenvalue weighted by atomic mass is 79.9. The first-order valence-electron chi connectivity index (χ1n) is 3.24. The Morgan fingerprint density at radius 3 is 2.92 bits per heavy atom. The van der Waals surface area contributed by atoms with Gasteiger partial charge >= 0.3 is 0 Å². The minimum Gasteiger partial charge on any atom is -0.216 e. The first kappa shape index (κ1) is 7.82. The number of rotatable bonds is 1. The van der Waals surface area contributed by atoms with Gasteiger partial charge in [-0.05, 0) is 27.4 Å². The zero-order chi connectivity index (χ0) is 8.39. The minimum absolute atomic E-state index is 0.570. The van der Waals surface area contributed by atoms with E-state index in [4.69, 9.17) is 0 Å². The van der Waals surface area contributed by atoms with Crippen molar-refractivity contribution in [2.24, 2.45) is 0 Å². The summed E-state index contributed by atoms with van der Waals surface area (Å²) in [7, 11) is 0. The summed E-state index contributed by atoms with van der Waals surface area (Å²) in [6.45, 7) is 0. The van der Waals surface area contributed by atoms with Crippen molar-refractivity contribution in [2.75, 3.05) is 0 Å². The summed E-state index contributed by atoms with van der Waals surface area (Å²) in [6.07, 6.45) is 1.49. The monoisotopic (exact) mass is 241 g/mol. The van der Waals surface area contributed by atoms with E-state index in [0.29, 0.717) is 10.6 Å². The van der Waals surface area contributed by atoms with Crippen molar-refractivity contribution in [1.29, 1.82) is 0 Å². The Labute approximate surface area is 81.7 Å². The Kier molecular flexibility index (Phi) is 2.14. The van der Waals surface area contributed by atoms with Gasteiger partial charge in [-0.25, -0.2) is 15.0 Å². The van der Waals surface area contributed by atoms with Gasteiger partial charge in [0.05, 0.1) is 4.88 Å². The van der Waals surface area contributed by atoms with Gasteiger partial charge < -0.3 is 0 Å². The molecular weight excluding hydrogens is 238 g/mol. The largest absolute Gasteiger partial charge is 0.216 e. The lowest BCUT2D eigenvalue weighted by Crippen LogP contribution is -1.88. The number of thiophene rings is 1. The van der Waals surface area contributed by atoms with Crippen LogP contribution in [0, 0.1) is 0 Å². The van der Waals surface area contributed by atoms with Gasteiger partial charge in [-0.15, -0.1) is 11.3 Å². The molecule has 2 aromatic rings. The molecule has 0 aliphatic heterocycles. The smallest absolute Gasteiger partial charge is 0.200 e. The Hall–Kier alpha value is -0.810. The summed E-state index contributed by atoms with van der Waals surface area (Å²) in [5.41, 5.74) is 0. The van der Waals surface area contributed by atoms with E-state index in [2.05, 4.69) is 30.9 Å². The van der Waals surface area contributed by atoms with Crippen molar-refractivity contribution in [1.82, 2.24) is 15.0 Å². The molecule has 0 fully saturated rings. The van der Waals surface area contributed by atoms with Crippen molar-refractivity contribution in [3.63, 3.8) is 0 Å². The first-order chi connectivity index (χ1) is 5.86. The number of nitrogens with zero attached hydrogens (tertiary/aromatic N) is 3. The van der Waals surface area contributed by atoms with E-state index in [1.807, 2.05) is 17.5 Å². The Morgan fingerprint density at radius 1 is 1.33 bits per heavy atom. The first-order valence-corrected chi connectivity index (χ1v) is 4.92. The van der Waals surface area contributed by atoms with Crippen LogP contribution in [0.1, 0.15) is 0 Å². The molecule has 60 valence electrons. The summed E-state index contributed by atoms with van der Waals surface area (Å²) >= 11 is 4.80. The number of halogens is 1. The normalized spacial score (nSPS) is 10.1. The van der Waals surface area contributed by atoms with Crippen LogP contribution in [0.2, 0.25) is 0 Å². The van der Waals surface area contributed by atoms with Crippen LogP contribution in [0.5, 0.6) is 0 Å². The summed E-state index contributed by atoms with van der Waals surface area (Å²) in [5, 5.41) is 1.99. The lowest BCUT2D eigenvalue weighted by atomic mass is 10.4. The molecule has 0 radical (unpaired) electrons. The molecule has 0 saturated carbocycles. The van der Waals surface area contributed by atoms with Crippen molar-refractivity contribution >= 4 is 27.3 Å². The lowest BCUT2D eigenvalue weighted by molar-refractivity contribution is 1.02.